The highest BCUT2D eigenvalue weighted by Crippen LogP contribution is 2.41. The molecule has 1 fully saturated rings. The second-order valence-corrected chi connectivity index (χ2v) is 11.0. The van der Waals surface area contributed by atoms with Gasteiger partial charge in [0.2, 0.25) is 10.0 Å². The molecule has 1 unspecified atom stereocenters. The molecule has 2 aliphatic rings. The first-order chi connectivity index (χ1) is 15.6. The Morgan fingerprint density at radius 1 is 1.18 bits per heavy atom. The second kappa shape index (κ2) is 9.32. The Hall–Kier alpha value is -2.02. The van der Waals surface area contributed by atoms with Crippen molar-refractivity contribution >= 4 is 10.0 Å². The van der Waals surface area contributed by atoms with Crippen LogP contribution in [0.3, 0.4) is 0 Å². The number of para-hydroxylation sites is 1. The third kappa shape index (κ3) is 5.23. The van der Waals surface area contributed by atoms with Crippen molar-refractivity contribution in [1.82, 2.24) is 14.8 Å². The minimum Gasteiger partial charge on any atom is -0.492 e. The predicted octanol–water partition coefficient (Wildman–Crippen LogP) is 0.327. The second-order valence-electron chi connectivity index (χ2n) is 9.26. The molecule has 2 aromatic rings. The van der Waals surface area contributed by atoms with Crippen LogP contribution in [0, 0.1) is 19.3 Å². The highest BCUT2D eigenvalue weighted by Gasteiger charge is 2.46. The van der Waals surface area contributed by atoms with Crippen LogP contribution in [0.4, 0.5) is 0 Å². The van der Waals surface area contributed by atoms with E-state index in [1.807, 2.05) is 18.7 Å². The molecular weight excluding hydrogens is 450 g/mol. The summed E-state index contributed by atoms with van der Waals surface area (Å²) in [5.41, 5.74) is 0.969. The number of nitrogens with one attached hydrogen (secondary N) is 1. The smallest absolute Gasteiger partial charge is 0.244 e. The molecule has 4 rings (SSSR count). The van der Waals surface area contributed by atoms with Gasteiger partial charge in [0.15, 0.2) is 0 Å². The quantitative estimate of drug-likeness (QED) is 0.477. The molecule has 0 saturated heterocycles. The van der Waals surface area contributed by atoms with Gasteiger partial charge in [0.1, 0.15) is 16.4 Å². The van der Waals surface area contributed by atoms with Crippen molar-refractivity contribution in [2.45, 2.75) is 56.4 Å². The number of sulfonamides is 1. The van der Waals surface area contributed by atoms with Gasteiger partial charge in [-0.1, -0.05) is 17.3 Å². The molecule has 0 radical (unpaired) electrons. The number of β-amino-alcohol motifs (C(OH)–C–C–N with tert-alkyl or cyclic N) is 1. The normalized spacial score (nSPS) is 30.9. The van der Waals surface area contributed by atoms with Crippen LogP contribution < -0.4 is 9.46 Å². The minimum atomic E-state index is -3.92. The largest absolute Gasteiger partial charge is 0.492 e. The molecular formula is C22H31N3O7S. The van der Waals surface area contributed by atoms with Crippen LogP contribution in [0.5, 0.6) is 5.75 Å². The highest BCUT2D eigenvalue weighted by molar-refractivity contribution is 7.89. The van der Waals surface area contributed by atoms with Crippen molar-refractivity contribution in [3.05, 3.63) is 41.3 Å². The molecule has 0 amide bonds. The average Bonchev–Trinajstić information content (AvgIpc) is 3.23. The maximum absolute atomic E-state index is 12.9. The van der Waals surface area contributed by atoms with E-state index in [4.69, 9.17) is 9.26 Å². The van der Waals surface area contributed by atoms with E-state index in [-0.39, 0.29) is 43.2 Å². The topological polar surface area (TPSA) is 145 Å². The van der Waals surface area contributed by atoms with Crippen LogP contribution in [-0.2, 0) is 16.6 Å². The van der Waals surface area contributed by atoms with Gasteiger partial charge in [-0.05, 0) is 38.8 Å². The van der Waals surface area contributed by atoms with Crippen LogP contribution in [0.2, 0.25) is 0 Å². The van der Waals surface area contributed by atoms with Crippen LogP contribution >= 0.6 is 0 Å². The Balaban J connectivity index is 1.70. The van der Waals surface area contributed by atoms with Crippen LogP contribution in [0.15, 0.2) is 33.7 Å². The molecule has 10 nitrogen and oxygen atoms in total. The summed E-state index contributed by atoms with van der Waals surface area (Å²) in [6.07, 6.45) is -2.23. The summed E-state index contributed by atoms with van der Waals surface area (Å²) in [5, 5.41) is 35.4. The van der Waals surface area contributed by atoms with Gasteiger partial charge in [-0.2, -0.15) is 0 Å². The Labute approximate surface area is 193 Å². The lowest BCUT2D eigenvalue weighted by molar-refractivity contribution is 0.0425. The standard InChI is InChI=1S/C22H31N3O7S/c1-14-17(15(2)32-24-14)11-25-10-16(26)9-23-33(29,30)21-6-4-3-5-20(21)31-13-22(12-25)7-18(27)19(28)8-22/h3-6,16,18-19,23,26-28H,7-13H2,1-2H3/t16-,18-,19+,22?/m0/s1. The number of hydrogen-bond donors (Lipinski definition) is 4. The van der Waals surface area contributed by atoms with Gasteiger partial charge >= 0.3 is 0 Å². The van der Waals surface area contributed by atoms with E-state index in [9.17, 15) is 23.7 Å². The number of aliphatic hydroxyl groups excluding tert-OH is 3. The Morgan fingerprint density at radius 2 is 1.88 bits per heavy atom. The molecule has 2 heterocycles. The summed E-state index contributed by atoms with van der Waals surface area (Å²) in [6.45, 7) is 4.57. The molecule has 11 heteroatoms. The lowest BCUT2D eigenvalue weighted by atomic mass is 9.85. The van der Waals surface area contributed by atoms with Crippen LogP contribution in [0.1, 0.15) is 29.9 Å². The Bertz CT molecular complexity index is 1060. The minimum absolute atomic E-state index is 0.0143. The van der Waals surface area contributed by atoms with E-state index in [1.165, 1.54) is 6.07 Å². The maximum Gasteiger partial charge on any atom is 0.244 e. The summed E-state index contributed by atoms with van der Waals surface area (Å²) in [7, 11) is -3.92. The van der Waals surface area contributed by atoms with Gasteiger partial charge in [-0.15, -0.1) is 0 Å². The van der Waals surface area contributed by atoms with Crippen molar-refractivity contribution in [1.29, 1.82) is 0 Å². The molecule has 4 N–H and O–H groups in total. The van der Waals surface area contributed by atoms with Gasteiger partial charge in [-0.3, -0.25) is 4.90 Å². The maximum atomic E-state index is 12.9. The zero-order valence-corrected chi connectivity index (χ0v) is 19.6. The number of aryl methyl sites for hydroxylation is 2. The summed E-state index contributed by atoms with van der Waals surface area (Å²) < 4.78 is 39.5. The van der Waals surface area contributed by atoms with Gasteiger partial charge in [0.25, 0.3) is 0 Å². The van der Waals surface area contributed by atoms with Crippen molar-refractivity contribution in [3.63, 3.8) is 0 Å². The number of aromatic nitrogens is 1. The molecule has 1 aromatic heterocycles. The lowest BCUT2D eigenvalue weighted by Crippen LogP contribution is -2.46. The van der Waals surface area contributed by atoms with Crippen molar-refractivity contribution in [2.75, 3.05) is 26.2 Å². The highest BCUT2D eigenvalue weighted by atomic mass is 32.2. The van der Waals surface area contributed by atoms with Crippen molar-refractivity contribution in [2.24, 2.45) is 5.41 Å². The van der Waals surface area contributed by atoms with Crippen molar-refractivity contribution in [3.8, 4) is 5.75 Å². The average molecular weight is 482 g/mol. The van der Waals surface area contributed by atoms with Gasteiger partial charge < -0.3 is 24.6 Å². The third-order valence-electron chi connectivity index (χ3n) is 6.50. The lowest BCUT2D eigenvalue weighted by Gasteiger charge is -2.36. The van der Waals surface area contributed by atoms with E-state index in [0.717, 1.165) is 11.3 Å². The monoisotopic (exact) mass is 481 g/mol. The van der Waals surface area contributed by atoms with E-state index < -0.39 is 33.8 Å². The first kappa shape index (κ1) is 24.1. The first-order valence-corrected chi connectivity index (χ1v) is 12.5. The number of hydrogen-bond acceptors (Lipinski definition) is 9. The molecule has 1 aliphatic heterocycles. The summed E-state index contributed by atoms with van der Waals surface area (Å²) in [5.74, 6) is 0.854. The molecule has 1 spiro atoms. The molecule has 0 bridgehead atoms. The fraction of sp³-hybridized carbons (Fsp3) is 0.591. The molecule has 1 aromatic carbocycles. The number of fused-ring (bicyclic) bond motifs is 1. The summed E-state index contributed by atoms with van der Waals surface area (Å²) >= 11 is 0. The number of rotatable bonds is 2. The first-order valence-electron chi connectivity index (χ1n) is 11.0. The summed E-state index contributed by atoms with van der Waals surface area (Å²) in [6, 6.07) is 6.32. The van der Waals surface area contributed by atoms with E-state index in [2.05, 4.69) is 9.88 Å². The fourth-order valence-electron chi connectivity index (χ4n) is 4.81. The van der Waals surface area contributed by atoms with Crippen LogP contribution in [0.25, 0.3) is 0 Å². The number of aliphatic hydroxyl groups is 3. The molecule has 33 heavy (non-hydrogen) atoms. The Morgan fingerprint density at radius 3 is 2.55 bits per heavy atom. The van der Waals surface area contributed by atoms with Gasteiger partial charge in [-0.25, -0.2) is 13.1 Å². The Kier molecular flexibility index (Phi) is 6.81. The molecule has 4 atom stereocenters. The SMILES string of the molecule is Cc1noc(C)c1CN1C[C@@H](O)CNS(=O)(=O)c2ccccc2OCC2(C[C@@H](O)[C@@H](O)C2)C1. The number of nitrogens with zero attached hydrogens (tertiary/aromatic N) is 2. The number of benzene rings is 1. The van der Waals surface area contributed by atoms with E-state index in [0.29, 0.717) is 18.8 Å². The molecule has 182 valence electrons. The fourth-order valence-corrected chi connectivity index (χ4v) is 6.03. The third-order valence-corrected chi connectivity index (χ3v) is 7.96. The van der Waals surface area contributed by atoms with E-state index >= 15 is 0 Å². The van der Waals surface area contributed by atoms with Gasteiger partial charge in [0.05, 0.1) is 30.6 Å². The van der Waals surface area contributed by atoms with Crippen molar-refractivity contribution < 1.29 is 33.0 Å². The van der Waals surface area contributed by atoms with E-state index in [1.54, 1.807) is 18.2 Å². The van der Waals surface area contributed by atoms with Gasteiger partial charge in [0, 0.05) is 37.2 Å². The molecule has 1 saturated carbocycles. The van der Waals surface area contributed by atoms with Crippen LogP contribution in [-0.4, -0.2) is 78.3 Å². The predicted molar refractivity (Wildman–Crippen MR) is 118 cm³/mol. The zero-order chi connectivity index (χ0) is 23.8. The summed E-state index contributed by atoms with van der Waals surface area (Å²) in [4.78, 5) is 1.97. The molecule has 1 aliphatic carbocycles. The zero-order valence-electron chi connectivity index (χ0n) is 18.8. The number of ether oxygens (including phenoxy) is 1.